The summed E-state index contributed by atoms with van der Waals surface area (Å²) in [5.41, 5.74) is 0. The van der Waals surface area contributed by atoms with Gasteiger partial charge in [-0.1, -0.05) is 5.16 Å². The van der Waals surface area contributed by atoms with Gasteiger partial charge in [-0.15, -0.1) is 0 Å². The Bertz CT molecular complexity index is 419. The van der Waals surface area contributed by atoms with Crippen molar-refractivity contribution in [1.82, 2.24) is 10.1 Å². The molecule has 0 atom stereocenters. The van der Waals surface area contributed by atoms with Gasteiger partial charge in [-0.3, -0.25) is 0 Å². The first kappa shape index (κ1) is 13.9. The van der Waals surface area contributed by atoms with Crippen molar-refractivity contribution < 1.29 is 9.63 Å². The van der Waals surface area contributed by atoms with Gasteiger partial charge in [-0.25, -0.2) is 0 Å². The molecular weight excluding hydrogens is 254 g/mol. The summed E-state index contributed by atoms with van der Waals surface area (Å²) in [4.78, 5) is 4.85. The number of hydrogen-bond donors (Lipinski definition) is 1. The summed E-state index contributed by atoms with van der Waals surface area (Å²) >= 11 is 0. The van der Waals surface area contributed by atoms with Crippen LogP contribution in [0.2, 0.25) is 0 Å². The van der Waals surface area contributed by atoms with E-state index in [9.17, 15) is 5.11 Å². The van der Waals surface area contributed by atoms with Crippen molar-refractivity contribution in [2.45, 2.75) is 38.7 Å². The molecule has 5 nitrogen and oxygen atoms in total. The van der Waals surface area contributed by atoms with Crippen molar-refractivity contribution in [2.24, 2.45) is 5.92 Å². The number of rotatable bonds is 3. The second-order valence-corrected chi connectivity index (χ2v) is 6.26. The number of aliphatic hydroxyl groups excluding tert-OH is 1. The van der Waals surface area contributed by atoms with Crippen molar-refractivity contribution in [1.29, 1.82) is 0 Å². The number of piperidine rings is 2. The molecule has 2 saturated heterocycles. The minimum Gasteiger partial charge on any atom is -0.393 e. The molecule has 0 bridgehead atoms. The van der Waals surface area contributed by atoms with Crippen LogP contribution < -0.4 is 4.90 Å². The molecule has 20 heavy (non-hydrogen) atoms. The first-order valence-corrected chi connectivity index (χ1v) is 7.79. The fourth-order valence-electron chi connectivity index (χ4n) is 3.31. The normalized spacial score (nSPS) is 23.4. The summed E-state index contributed by atoms with van der Waals surface area (Å²) in [6.45, 7) is 7.40. The van der Waals surface area contributed by atoms with Crippen LogP contribution in [0.5, 0.6) is 0 Å². The standard InChI is InChI=1S/C15H25N3O2/c1-12-10-15(16-20-12)18-8-2-13(3-9-18)11-17-6-4-14(19)5-7-17/h10,13-14,19H,2-9,11H2,1H3. The van der Waals surface area contributed by atoms with Gasteiger partial charge in [0.2, 0.25) is 0 Å². The van der Waals surface area contributed by atoms with E-state index in [0.29, 0.717) is 0 Å². The number of aliphatic hydroxyl groups is 1. The molecule has 1 N–H and O–H groups in total. The van der Waals surface area contributed by atoms with E-state index < -0.39 is 0 Å². The van der Waals surface area contributed by atoms with E-state index in [1.54, 1.807) is 0 Å². The van der Waals surface area contributed by atoms with Crippen LogP contribution in [0, 0.1) is 12.8 Å². The van der Waals surface area contributed by atoms with Crippen LogP contribution in [0.3, 0.4) is 0 Å². The molecule has 1 aromatic heterocycles. The Hall–Kier alpha value is -1.07. The summed E-state index contributed by atoms with van der Waals surface area (Å²) in [7, 11) is 0. The van der Waals surface area contributed by atoms with Crippen molar-refractivity contribution in [3.63, 3.8) is 0 Å². The SMILES string of the molecule is Cc1cc(N2CCC(CN3CCC(O)CC3)CC2)no1. The van der Waals surface area contributed by atoms with Gasteiger partial charge < -0.3 is 19.4 Å². The summed E-state index contributed by atoms with van der Waals surface area (Å²) in [5.74, 6) is 2.66. The highest BCUT2D eigenvalue weighted by Gasteiger charge is 2.25. The van der Waals surface area contributed by atoms with Crippen molar-refractivity contribution in [3.8, 4) is 0 Å². The number of aromatic nitrogens is 1. The molecule has 112 valence electrons. The maximum Gasteiger partial charge on any atom is 0.172 e. The molecular formula is C15H25N3O2. The van der Waals surface area contributed by atoms with E-state index in [0.717, 1.165) is 56.5 Å². The smallest absolute Gasteiger partial charge is 0.172 e. The zero-order valence-electron chi connectivity index (χ0n) is 12.3. The lowest BCUT2D eigenvalue weighted by molar-refractivity contribution is 0.0724. The first-order valence-electron chi connectivity index (χ1n) is 7.79. The Balaban J connectivity index is 1.44. The average Bonchev–Trinajstić information content (AvgIpc) is 2.89. The third kappa shape index (κ3) is 3.33. The van der Waals surface area contributed by atoms with Crippen LogP contribution in [-0.2, 0) is 0 Å². The molecule has 0 saturated carbocycles. The van der Waals surface area contributed by atoms with Crippen LogP contribution in [0.25, 0.3) is 0 Å². The molecule has 3 heterocycles. The maximum atomic E-state index is 9.55. The van der Waals surface area contributed by atoms with Gasteiger partial charge in [0, 0.05) is 38.8 Å². The van der Waals surface area contributed by atoms with Crippen LogP contribution in [0.4, 0.5) is 5.82 Å². The highest BCUT2D eigenvalue weighted by molar-refractivity contribution is 5.38. The molecule has 3 rings (SSSR count). The lowest BCUT2D eigenvalue weighted by Crippen LogP contribution is -2.42. The van der Waals surface area contributed by atoms with Gasteiger partial charge in [0.15, 0.2) is 5.82 Å². The second kappa shape index (κ2) is 6.14. The van der Waals surface area contributed by atoms with E-state index in [4.69, 9.17) is 4.52 Å². The first-order chi connectivity index (χ1) is 9.70. The molecule has 0 spiro atoms. The van der Waals surface area contributed by atoms with E-state index in [-0.39, 0.29) is 6.10 Å². The lowest BCUT2D eigenvalue weighted by atomic mass is 9.95. The van der Waals surface area contributed by atoms with Crippen LogP contribution in [0.15, 0.2) is 10.6 Å². The quantitative estimate of drug-likeness (QED) is 0.912. The highest BCUT2D eigenvalue weighted by Crippen LogP contribution is 2.24. The maximum absolute atomic E-state index is 9.55. The summed E-state index contributed by atoms with van der Waals surface area (Å²) in [5, 5.41) is 13.6. The number of anilines is 1. The van der Waals surface area contributed by atoms with Crippen LogP contribution >= 0.6 is 0 Å². The van der Waals surface area contributed by atoms with Crippen molar-refractivity contribution in [3.05, 3.63) is 11.8 Å². The Morgan fingerprint density at radius 2 is 1.90 bits per heavy atom. The van der Waals surface area contributed by atoms with Crippen LogP contribution in [-0.4, -0.2) is 54.0 Å². The minimum absolute atomic E-state index is 0.0662. The number of aryl methyl sites for hydroxylation is 1. The van der Waals surface area contributed by atoms with Crippen molar-refractivity contribution in [2.75, 3.05) is 37.6 Å². The Morgan fingerprint density at radius 3 is 2.50 bits per heavy atom. The molecule has 5 heteroatoms. The lowest BCUT2D eigenvalue weighted by Gasteiger charge is -2.36. The Labute approximate surface area is 120 Å². The molecule has 0 amide bonds. The van der Waals surface area contributed by atoms with E-state index in [1.165, 1.54) is 19.4 Å². The zero-order valence-corrected chi connectivity index (χ0v) is 12.3. The predicted octanol–water partition coefficient (Wildman–Crippen LogP) is 1.66. The fourth-order valence-corrected chi connectivity index (χ4v) is 3.31. The second-order valence-electron chi connectivity index (χ2n) is 6.26. The Kier molecular flexibility index (Phi) is 4.27. The molecule has 0 radical (unpaired) electrons. The predicted molar refractivity (Wildman–Crippen MR) is 77.9 cm³/mol. The molecule has 2 aliphatic heterocycles. The van der Waals surface area contributed by atoms with E-state index in [2.05, 4.69) is 15.0 Å². The molecule has 1 aromatic rings. The molecule has 2 fully saturated rings. The number of hydrogen-bond acceptors (Lipinski definition) is 5. The van der Waals surface area contributed by atoms with Gasteiger partial charge in [0.25, 0.3) is 0 Å². The summed E-state index contributed by atoms with van der Waals surface area (Å²) in [6.07, 6.45) is 4.27. The van der Waals surface area contributed by atoms with Gasteiger partial charge in [0.1, 0.15) is 5.76 Å². The number of nitrogens with zero attached hydrogens (tertiary/aromatic N) is 3. The summed E-state index contributed by atoms with van der Waals surface area (Å²) < 4.78 is 5.15. The van der Waals surface area contributed by atoms with E-state index >= 15 is 0 Å². The third-order valence-corrected chi connectivity index (χ3v) is 4.63. The average molecular weight is 279 g/mol. The summed E-state index contributed by atoms with van der Waals surface area (Å²) in [6, 6.07) is 2.02. The fraction of sp³-hybridized carbons (Fsp3) is 0.800. The highest BCUT2D eigenvalue weighted by atomic mass is 16.5. The zero-order chi connectivity index (χ0) is 13.9. The van der Waals surface area contributed by atoms with Gasteiger partial charge in [-0.05, 0) is 38.5 Å². The molecule has 2 aliphatic rings. The van der Waals surface area contributed by atoms with Crippen molar-refractivity contribution >= 4 is 5.82 Å². The third-order valence-electron chi connectivity index (χ3n) is 4.63. The molecule has 0 aromatic carbocycles. The molecule has 0 aliphatic carbocycles. The van der Waals surface area contributed by atoms with Gasteiger partial charge >= 0.3 is 0 Å². The van der Waals surface area contributed by atoms with Gasteiger partial charge in [0.05, 0.1) is 6.10 Å². The van der Waals surface area contributed by atoms with E-state index in [1.807, 2.05) is 13.0 Å². The topological polar surface area (TPSA) is 52.7 Å². The number of likely N-dealkylation sites (tertiary alicyclic amines) is 1. The monoisotopic (exact) mass is 279 g/mol. The minimum atomic E-state index is -0.0662. The largest absolute Gasteiger partial charge is 0.393 e. The van der Waals surface area contributed by atoms with Gasteiger partial charge in [-0.2, -0.15) is 0 Å². The molecule has 0 unspecified atom stereocenters. The van der Waals surface area contributed by atoms with Crippen LogP contribution in [0.1, 0.15) is 31.4 Å². The Morgan fingerprint density at radius 1 is 1.20 bits per heavy atom.